The fraction of sp³-hybridized carbons (Fsp3) is 0.143. The van der Waals surface area contributed by atoms with E-state index >= 15 is 0 Å². The Labute approximate surface area is 99.9 Å². The number of rotatable bonds is 1. The molecule has 0 aromatic heterocycles. The topological polar surface area (TPSA) is 32.7 Å². The van der Waals surface area contributed by atoms with Crippen molar-refractivity contribution >= 4 is 5.69 Å². The Bertz CT molecular complexity index is 525. The van der Waals surface area contributed by atoms with Crippen LogP contribution in [0.2, 0.25) is 0 Å². The van der Waals surface area contributed by atoms with Crippen molar-refractivity contribution in [1.82, 2.24) is 0 Å². The zero-order valence-electron chi connectivity index (χ0n) is 9.34. The molecule has 17 heavy (non-hydrogen) atoms. The third-order valence-electron chi connectivity index (χ3n) is 2.90. The number of phenolic OH excluding ortho intramolecular Hbond substituents is 1. The third-order valence-corrected chi connectivity index (χ3v) is 2.90. The molecular weight excluding hydrogens is 214 g/mol. The molecular formula is C14H13NO2. The smallest absolute Gasteiger partial charge is 0.161 e. The molecule has 0 unspecified atom stereocenters. The van der Waals surface area contributed by atoms with E-state index in [1.54, 1.807) is 12.1 Å². The van der Waals surface area contributed by atoms with Gasteiger partial charge in [0.15, 0.2) is 6.73 Å². The minimum Gasteiger partial charge on any atom is -0.508 e. The molecule has 0 saturated heterocycles. The molecule has 0 fully saturated rings. The quantitative estimate of drug-likeness (QED) is 0.813. The van der Waals surface area contributed by atoms with Crippen LogP contribution < -0.4 is 9.64 Å². The average Bonchev–Trinajstić information content (AvgIpc) is 2.39. The van der Waals surface area contributed by atoms with Gasteiger partial charge in [-0.1, -0.05) is 18.2 Å². The second-order valence-electron chi connectivity index (χ2n) is 4.10. The lowest BCUT2D eigenvalue weighted by Crippen LogP contribution is -2.31. The van der Waals surface area contributed by atoms with E-state index in [2.05, 4.69) is 17.0 Å². The van der Waals surface area contributed by atoms with Crippen molar-refractivity contribution < 1.29 is 9.84 Å². The summed E-state index contributed by atoms with van der Waals surface area (Å²) in [6.07, 6.45) is 0. The van der Waals surface area contributed by atoms with E-state index in [1.165, 1.54) is 0 Å². The van der Waals surface area contributed by atoms with E-state index < -0.39 is 0 Å². The van der Waals surface area contributed by atoms with Crippen LogP contribution >= 0.6 is 0 Å². The Balaban J connectivity index is 1.90. The van der Waals surface area contributed by atoms with Crippen molar-refractivity contribution in [3.8, 4) is 11.5 Å². The van der Waals surface area contributed by atoms with Gasteiger partial charge in [0.05, 0.1) is 0 Å². The zero-order valence-corrected chi connectivity index (χ0v) is 9.34. The molecule has 1 heterocycles. The molecule has 3 nitrogen and oxygen atoms in total. The first-order valence-electron chi connectivity index (χ1n) is 5.57. The van der Waals surface area contributed by atoms with Crippen LogP contribution in [-0.2, 0) is 6.54 Å². The summed E-state index contributed by atoms with van der Waals surface area (Å²) in [6.45, 7) is 1.30. The summed E-state index contributed by atoms with van der Waals surface area (Å²) in [7, 11) is 0. The van der Waals surface area contributed by atoms with Crippen molar-refractivity contribution in [1.29, 1.82) is 0 Å². The van der Waals surface area contributed by atoms with Gasteiger partial charge in [-0.2, -0.15) is 0 Å². The summed E-state index contributed by atoms with van der Waals surface area (Å²) in [5.41, 5.74) is 2.14. The Hall–Kier alpha value is -2.16. The van der Waals surface area contributed by atoms with Gasteiger partial charge in [0.25, 0.3) is 0 Å². The first-order valence-corrected chi connectivity index (χ1v) is 5.57. The Morgan fingerprint density at radius 2 is 1.88 bits per heavy atom. The van der Waals surface area contributed by atoms with Crippen LogP contribution in [0.15, 0.2) is 48.5 Å². The minimum atomic E-state index is 0.280. The second kappa shape index (κ2) is 4.01. The normalized spacial score (nSPS) is 14.0. The first kappa shape index (κ1) is 10.0. The van der Waals surface area contributed by atoms with Gasteiger partial charge in [0.1, 0.15) is 11.5 Å². The van der Waals surface area contributed by atoms with Gasteiger partial charge in [-0.05, 0) is 30.3 Å². The van der Waals surface area contributed by atoms with Gasteiger partial charge in [-0.3, -0.25) is 0 Å². The van der Waals surface area contributed by atoms with Crippen LogP contribution in [0.25, 0.3) is 0 Å². The van der Waals surface area contributed by atoms with Gasteiger partial charge in [0.2, 0.25) is 0 Å². The van der Waals surface area contributed by atoms with Crippen molar-refractivity contribution in [2.75, 3.05) is 11.6 Å². The van der Waals surface area contributed by atoms with Crippen molar-refractivity contribution in [3.63, 3.8) is 0 Å². The lowest BCUT2D eigenvalue weighted by molar-refractivity contribution is 0.288. The number of aromatic hydroxyl groups is 1. The number of para-hydroxylation sites is 1. The number of nitrogens with zero attached hydrogens (tertiary/aromatic N) is 1. The highest BCUT2D eigenvalue weighted by molar-refractivity contribution is 5.50. The standard InChI is InChI=1S/C14H13NO2/c16-13-6-7-14-11(8-13)9-15(10-17-14)12-4-2-1-3-5-12/h1-8,16H,9-10H2. The van der Waals surface area contributed by atoms with Gasteiger partial charge in [-0.25, -0.2) is 0 Å². The second-order valence-corrected chi connectivity index (χ2v) is 4.10. The highest BCUT2D eigenvalue weighted by atomic mass is 16.5. The van der Waals surface area contributed by atoms with Crippen molar-refractivity contribution in [2.24, 2.45) is 0 Å². The first-order chi connectivity index (χ1) is 8.33. The molecule has 0 amide bonds. The molecule has 0 spiro atoms. The largest absolute Gasteiger partial charge is 0.508 e. The maximum Gasteiger partial charge on any atom is 0.161 e. The lowest BCUT2D eigenvalue weighted by atomic mass is 10.1. The monoisotopic (exact) mass is 227 g/mol. The summed E-state index contributed by atoms with van der Waals surface area (Å²) in [6, 6.07) is 15.3. The molecule has 3 heteroatoms. The van der Waals surface area contributed by atoms with E-state index in [0.29, 0.717) is 6.73 Å². The number of phenols is 1. The highest BCUT2D eigenvalue weighted by Gasteiger charge is 2.17. The maximum absolute atomic E-state index is 9.47. The summed E-state index contributed by atoms with van der Waals surface area (Å²) in [4.78, 5) is 2.13. The molecule has 86 valence electrons. The van der Waals surface area contributed by atoms with E-state index in [4.69, 9.17) is 4.74 Å². The molecule has 0 radical (unpaired) electrons. The fourth-order valence-corrected chi connectivity index (χ4v) is 2.03. The van der Waals surface area contributed by atoms with Crippen molar-refractivity contribution in [2.45, 2.75) is 6.54 Å². The van der Waals surface area contributed by atoms with Gasteiger partial charge < -0.3 is 14.7 Å². The van der Waals surface area contributed by atoms with Gasteiger partial charge in [-0.15, -0.1) is 0 Å². The average molecular weight is 227 g/mol. The number of benzene rings is 2. The number of ether oxygens (including phenoxy) is 1. The number of anilines is 1. The molecule has 2 aromatic carbocycles. The highest BCUT2D eigenvalue weighted by Crippen LogP contribution is 2.30. The molecule has 0 saturated carbocycles. The molecule has 1 aliphatic rings. The lowest BCUT2D eigenvalue weighted by Gasteiger charge is -2.30. The van der Waals surface area contributed by atoms with Crippen LogP contribution in [0.5, 0.6) is 11.5 Å². The van der Waals surface area contributed by atoms with E-state index in [1.807, 2.05) is 24.3 Å². The Kier molecular flexibility index (Phi) is 2.37. The minimum absolute atomic E-state index is 0.280. The predicted octanol–water partition coefficient (Wildman–Crippen LogP) is 2.75. The van der Waals surface area contributed by atoms with Crippen LogP contribution in [0.3, 0.4) is 0 Å². The molecule has 1 aliphatic heterocycles. The zero-order chi connectivity index (χ0) is 11.7. The van der Waals surface area contributed by atoms with Gasteiger partial charge >= 0.3 is 0 Å². The predicted molar refractivity (Wildman–Crippen MR) is 66.2 cm³/mol. The molecule has 0 atom stereocenters. The molecule has 0 bridgehead atoms. The summed E-state index contributed by atoms with van der Waals surface area (Å²) < 4.78 is 5.66. The number of fused-ring (bicyclic) bond motifs is 1. The van der Waals surface area contributed by atoms with Crippen LogP contribution in [0.1, 0.15) is 5.56 Å². The van der Waals surface area contributed by atoms with E-state index in [9.17, 15) is 5.11 Å². The van der Waals surface area contributed by atoms with Crippen LogP contribution in [0.4, 0.5) is 5.69 Å². The molecule has 0 aliphatic carbocycles. The molecule has 2 aromatic rings. The number of hydrogen-bond acceptors (Lipinski definition) is 3. The van der Waals surface area contributed by atoms with Gasteiger partial charge in [0, 0.05) is 17.8 Å². The molecule has 3 rings (SSSR count). The summed E-state index contributed by atoms with van der Waals surface area (Å²) in [5, 5.41) is 9.47. The fourth-order valence-electron chi connectivity index (χ4n) is 2.03. The molecule has 1 N–H and O–H groups in total. The Morgan fingerprint density at radius 1 is 1.06 bits per heavy atom. The van der Waals surface area contributed by atoms with Crippen molar-refractivity contribution in [3.05, 3.63) is 54.1 Å². The maximum atomic E-state index is 9.47. The third kappa shape index (κ3) is 1.91. The Morgan fingerprint density at radius 3 is 2.71 bits per heavy atom. The van der Waals surface area contributed by atoms with Crippen LogP contribution in [-0.4, -0.2) is 11.8 Å². The SMILES string of the molecule is Oc1ccc2c(c1)CN(c1ccccc1)CO2. The van der Waals surface area contributed by atoms with E-state index in [0.717, 1.165) is 23.5 Å². The number of hydrogen-bond donors (Lipinski definition) is 1. The van der Waals surface area contributed by atoms with E-state index in [-0.39, 0.29) is 5.75 Å². The van der Waals surface area contributed by atoms with Crippen LogP contribution in [0, 0.1) is 0 Å². The summed E-state index contributed by atoms with van der Waals surface area (Å²) in [5.74, 6) is 1.14. The summed E-state index contributed by atoms with van der Waals surface area (Å²) >= 11 is 0.